The van der Waals surface area contributed by atoms with Gasteiger partial charge in [0.05, 0.1) is 12.0 Å². The van der Waals surface area contributed by atoms with Crippen LogP contribution in [0, 0.1) is 5.82 Å². The monoisotopic (exact) mass is 346 g/mol. The van der Waals surface area contributed by atoms with Crippen LogP contribution in [0.15, 0.2) is 47.4 Å². The van der Waals surface area contributed by atoms with Crippen molar-refractivity contribution in [1.29, 1.82) is 0 Å². The molecule has 0 N–H and O–H groups in total. The normalized spacial score (nSPS) is 15.0. The first kappa shape index (κ1) is 16.7. The quantitative estimate of drug-likeness (QED) is 0.827. The summed E-state index contributed by atoms with van der Waals surface area (Å²) in [5, 5.41) is 0. The van der Waals surface area contributed by atoms with Crippen LogP contribution in [0.3, 0.4) is 0 Å². The summed E-state index contributed by atoms with van der Waals surface area (Å²) in [5.74, 6) is -0.141. The lowest BCUT2D eigenvalue weighted by atomic mass is 9.97. The third-order valence-corrected chi connectivity index (χ3v) is 5.48. The number of methoxy groups -OCH3 is 1. The smallest absolute Gasteiger partial charge is 0.175 e. The largest absolute Gasteiger partial charge is 0.494 e. The summed E-state index contributed by atoms with van der Waals surface area (Å²) in [7, 11) is -1.74. The first-order valence-electron chi connectivity index (χ1n) is 7.76. The minimum atomic E-state index is -3.20. The summed E-state index contributed by atoms with van der Waals surface area (Å²) in [6.07, 6.45) is 4.07. The average Bonchev–Trinajstić information content (AvgIpc) is 3.04. The molecule has 0 saturated carbocycles. The van der Waals surface area contributed by atoms with Crippen molar-refractivity contribution >= 4 is 21.0 Å². The molecular weight excluding hydrogens is 327 g/mol. The summed E-state index contributed by atoms with van der Waals surface area (Å²) in [4.78, 5) is 0.315. The van der Waals surface area contributed by atoms with Crippen molar-refractivity contribution in [2.24, 2.45) is 0 Å². The fourth-order valence-corrected chi connectivity index (χ4v) is 3.76. The summed E-state index contributed by atoms with van der Waals surface area (Å²) < 4.78 is 41.9. The van der Waals surface area contributed by atoms with Gasteiger partial charge in [-0.2, -0.15) is 0 Å². The third kappa shape index (κ3) is 3.22. The zero-order valence-corrected chi connectivity index (χ0v) is 14.5. The van der Waals surface area contributed by atoms with E-state index < -0.39 is 9.84 Å². The number of rotatable bonds is 4. The van der Waals surface area contributed by atoms with Gasteiger partial charge >= 0.3 is 0 Å². The Morgan fingerprint density at radius 2 is 1.54 bits per heavy atom. The first-order chi connectivity index (χ1) is 11.4. The van der Waals surface area contributed by atoms with E-state index in [4.69, 9.17) is 4.74 Å². The number of benzene rings is 2. The highest BCUT2D eigenvalue weighted by atomic mass is 32.2. The van der Waals surface area contributed by atoms with Crippen LogP contribution in [0.1, 0.15) is 30.4 Å². The Kier molecular flexibility index (Phi) is 4.45. The number of halogens is 1. The minimum absolute atomic E-state index is 0.235. The van der Waals surface area contributed by atoms with Crippen molar-refractivity contribution in [3.8, 4) is 5.75 Å². The Morgan fingerprint density at radius 1 is 0.958 bits per heavy atom. The van der Waals surface area contributed by atoms with E-state index in [1.807, 2.05) is 12.1 Å². The number of ether oxygens (including phenoxy) is 1. The van der Waals surface area contributed by atoms with Gasteiger partial charge in [0.1, 0.15) is 0 Å². The lowest BCUT2D eigenvalue weighted by Gasteiger charge is -2.11. The fraction of sp³-hybridized carbons (Fsp3) is 0.263. The molecule has 0 spiro atoms. The lowest BCUT2D eigenvalue weighted by Crippen LogP contribution is -1.97. The van der Waals surface area contributed by atoms with Gasteiger partial charge in [0.25, 0.3) is 0 Å². The zero-order chi connectivity index (χ0) is 17.3. The first-order valence-corrected chi connectivity index (χ1v) is 9.65. The van der Waals surface area contributed by atoms with Crippen LogP contribution < -0.4 is 4.74 Å². The molecule has 0 amide bonds. The van der Waals surface area contributed by atoms with Crippen LogP contribution >= 0.6 is 0 Å². The molecule has 1 aliphatic carbocycles. The maximum Gasteiger partial charge on any atom is 0.175 e. The van der Waals surface area contributed by atoms with Gasteiger partial charge in [-0.3, -0.25) is 0 Å². The summed E-state index contributed by atoms with van der Waals surface area (Å²) in [5.41, 5.74) is 4.32. The summed E-state index contributed by atoms with van der Waals surface area (Å²) >= 11 is 0. The summed E-state index contributed by atoms with van der Waals surface area (Å²) in [6.45, 7) is 0. The maximum absolute atomic E-state index is 13.6. The highest BCUT2D eigenvalue weighted by Gasteiger charge is 2.19. The Morgan fingerprint density at radius 3 is 2.12 bits per heavy atom. The van der Waals surface area contributed by atoms with Crippen LogP contribution in [0.5, 0.6) is 5.75 Å². The van der Waals surface area contributed by atoms with Crippen LogP contribution in [-0.4, -0.2) is 21.8 Å². The fourth-order valence-electron chi connectivity index (χ4n) is 3.13. The van der Waals surface area contributed by atoms with Gasteiger partial charge < -0.3 is 4.74 Å². The molecule has 0 bridgehead atoms. The van der Waals surface area contributed by atoms with E-state index in [0.29, 0.717) is 4.90 Å². The van der Waals surface area contributed by atoms with E-state index in [1.54, 1.807) is 24.3 Å². The highest BCUT2D eigenvalue weighted by molar-refractivity contribution is 7.90. The lowest BCUT2D eigenvalue weighted by molar-refractivity contribution is 0.386. The van der Waals surface area contributed by atoms with Gasteiger partial charge in [0.15, 0.2) is 21.4 Å². The molecule has 0 fully saturated rings. The predicted molar refractivity (Wildman–Crippen MR) is 93.2 cm³/mol. The van der Waals surface area contributed by atoms with Gasteiger partial charge in [0.2, 0.25) is 0 Å². The van der Waals surface area contributed by atoms with E-state index in [2.05, 4.69) is 0 Å². The Balaban J connectivity index is 2.04. The van der Waals surface area contributed by atoms with Crippen LogP contribution in [0.4, 0.5) is 4.39 Å². The van der Waals surface area contributed by atoms with E-state index in [1.165, 1.54) is 30.6 Å². The molecule has 2 aromatic carbocycles. The topological polar surface area (TPSA) is 43.4 Å². The van der Waals surface area contributed by atoms with E-state index in [0.717, 1.165) is 30.4 Å². The third-order valence-electron chi connectivity index (χ3n) is 4.35. The molecule has 0 atom stereocenters. The molecule has 0 aliphatic heterocycles. The van der Waals surface area contributed by atoms with Crippen molar-refractivity contribution in [2.75, 3.05) is 13.4 Å². The van der Waals surface area contributed by atoms with Crippen LogP contribution in [0.2, 0.25) is 0 Å². The van der Waals surface area contributed by atoms with Crippen molar-refractivity contribution in [2.45, 2.75) is 24.2 Å². The SMILES string of the molecule is COc1cc(C2=C(c3ccc(S(C)(=O)=O)cc3)CCC2)ccc1F. The molecule has 0 aromatic heterocycles. The van der Waals surface area contributed by atoms with Crippen LogP contribution in [-0.2, 0) is 9.84 Å². The standard InChI is InChI=1S/C19H19FO3S/c1-23-19-12-14(8-11-18(19)20)17-5-3-4-16(17)13-6-9-15(10-7-13)24(2,21)22/h6-12H,3-5H2,1-2H3. The molecule has 3 rings (SSSR count). The molecule has 0 heterocycles. The van der Waals surface area contributed by atoms with Gasteiger partial charge in [-0.25, -0.2) is 12.8 Å². The van der Waals surface area contributed by atoms with Crippen molar-refractivity contribution in [3.05, 3.63) is 59.4 Å². The molecule has 0 radical (unpaired) electrons. The van der Waals surface area contributed by atoms with Crippen molar-refractivity contribution < 1.29 is 17.5 Å². The van der Waals surface area contributed by atoms with Crippen molar-refractivity contribution in [3.63, 3.8) is 0 Å². The molecule has 1 aliphatic rings. The second-order valence-corrected chi connectivity index (χ2v) is 7.97. The van der Waals surface area contributed by atoms with E-state index in [-0.39, 0.29) is 11.6 Å². The molecule has 126 valence electrons. The van der Waals surface area contributed by atoms with Gasteiger partial charge in [-0.1, -0.05) is 18.2 Å². The Labute approximate surface area is 141 Å². The van der Waals surface area contributed by atoms with Gasteiger partial charge in [0, 0.05) is 6.26 Å². The Bertz CT molecular complexity index is 897. The molecule has 3 nitrogen and oxygen atoms in total. The molecule has 24 heavy (non-hydrogen) atoms. The van der Waals surface area contributed by atoms with E-state index in [9.17, 15) is 12.8 Å². The second-order valence-electron chi connectivity index (χ2n) is 5.96. The zero-order valence-electron chi connectivity index (χ0n) is 13.7. The maximum atomic E-state index is 13.6. The summed E-state index contributed by atoms with van der Waals surface area (Å²) in [6, 6.07) is 11.9. The Hall–Kier alpha value is -2.14. The van der Waals surface area contributed by atoms with E-state index >= 15 is 0 Å². The molecular formula is C19H19FO3S. The molecule has 2 aromatic rings. The van der Waals surface area contributed by atoms with Crippen molar-refractivity contribution in [1.82, 2.24) is 0 Å². The predicted octanol–water partition coefficient (Wildman–Crippen LogP) is 4.33. The van der Waals surface area contributed by atoms with Gasteiger partial charge in [-0.15, -0.1) is 0 Å². The average molecular weight is 346 g/mol. The molecule has 0 unspecified atom stereocenters. The van der Waals surface area contributed by atoms with Gasteiger partial charge in [-0.05, 0) is 65.8 Å². The number of allylic oxidation sites excluding steroid dienone is 2. The van der Waals surface area contributed by atoms with Crippen LogP contribution in [0.25, 0.3) is 11.1 Å². The minimum Gasteiger partial charge on any atom is -0.494 e. The second kappa shape index (κ2) is 6.40. The number of sulfone groups is 1. The number of hydrogen-bond donors (Lipinski definition) is 0. The molecule has 0 saturated heterocycles. The highest BCUT2D eigenvalue weighted by Crippen LogP contribution is 2.40. The molecule has 5 heteroatoms. The number of hydrogen-bond acceptors (Lipinski definition) is 3.